The summed E-state index contributed by atoms with van der Waals surface area (Å²) in [4.78, 5) is 10.8. The molecule has 0 amide bonds. The number of carbonyl (C=O) groups excluding carboxylic acids is 1. The Morgan fingerprint density at radius 3 is 2.58 bits per heavy atom. The van der Waals surface area contributed by atoms with Crippen LogP contribution in [-0.2, 0) is 14.3 Å². The van der Waals surface area contributed by atoms with Gasteiger partial charge in [0.2, 0.25) is 0 Å². The number of nitrogens with two attached hydrogens (primary N) is 1. The summed E-state index contributed by atoms with van der Waals surface area (Å²) in [5.74, 6) is -0.432. The lowest BCUT2D eigenvalue weighted by Crippen LogP contribution is -2.37. The minimum Gasteiger partial charge on any atom is -0.468 e. The standard InChI is InChI=1S/C8H17NO3/c1-4-6(2)12-5-7(9)8(10)11-3/h6-7H,4-5,9H2,1-3H3. The number of methoxy groups -OCH3 is 1. The monoisotopic (exact) mass is 175 g/mol. The average Bonchev–Trinajstić information content (AvgIpc) is 2.11. The van der Waals surface area contributed by atoms with Gasteiger partial charge in [0.25, 0.3) is 0 Å². The maximum atomic E-state index is 10.8. The molecule has 0 rings (SSSR count). The van der Waals surface area contributed by atoms with Gasteiger partial charge in [-0.2, -0.15) is 0 Å². The van der Waals surface area contributed by atoms with Gasteiger partial charge in [-0.15, -0.1) is 0 Å². The summed E-state index contributed by atoms with van der Waals surface area (Å²) in [6, 6.07) is -0.663. The lowest BCUT2D eigenvalue weighted by atomic mass is 10.3. The first-order valence-corrected chi connectivity index (χ1v) is 4.06. The molecule has 2 atom stereocenters. The number of rotatable bonds is 5. The zero-order chi connectivity index (χ0) is 9.56. The molecule has 0 aromatic heterocycles. The van der Waals surface area contributed by atoms with Crippen LogP contribution in [0.5, 0.6) is 0 Å². The van der Waals surface area contributed by atoms with Gasteiger partial charge in [0.15, 0.2) is 0 Å². The van der Waals surface area contributed by atoms with Crippen molar-refractivity contribution in [2.45, 2.75) is 32.4 Å². The van der Waals surface area contributed by atoms with Crippen LogP contribution in [0.3, 0.4) is 0 Å². The van der Waals surface area contributed by atoms with Crippen molar-refractivity contribution >= 4 is 5.97 Å². The molecule has 0 aliphatic heterocycles. The van der Waals surface area contributed by atoms with Crippen LogP contribution in [0.4, 0.5) is 0 Å². The molecule has 4 nitrogen and oxygen atoms in total. The number of hydrogen-bond donors (Lipinski definition) is 1. The summed E-state index contributed by atoms with van der Waals surface area (Å²) in [6.07, 6.45) is 1.05. The van der Waals surface area contributed by atoms with E-state index in [2.05, 4.69) is 4.74 Å². The lowest BCUT2D eigenvalue weighted by Gasteiger charge is -2.13. The van der Waals surface area contributed by atoms with Gasteiger partial charge in [0, 0.05) is 0 Å². The molecule has 0 bridgehead atoms. The predicted octanol–water partition coefficient (Wildman–Crippen LogP) is 0.302. The average molecular weight is 175 g/mol. The van der Waals surface area contributed by atoms with Crippen molar-refractivity contribution in [2.75, 3.05) is 13.7 Å². The smallest absolute Gasteiger partial charge is 0.325 e. The van der Waals surface area contributed by atoms with Crippen LogP contribution in [0.2, 0.25) is 0 Å². The van der Waals surface area contributed by atoms with Crippen LogP contribution < -0.4 is 5.73 Å². The van der Waals surface area contributed by atoms with Crippen LogP contribution in [0.25, 0.3) is 0 Å². The predicted molar refractivity (Wildman–Crippen MR) is 45.7 cm³/mol. The molecule has 0 aliphatic carbocycles. The maximum absolute atomic E-state index is 10.8. The number of esters is 1. The molecule has 2 unspecified atom stereocenters. The molecule has 0 aliphatic rings. The van der Waals surface area contributed by atoms with Crippen molar-refractivity contribution in [1.82, 2.24) is 0 Å². The minimum atomic E-state index is -0.663. The highest BCUT2D eigenvalue weighted by Crippen LogP contribution is 1.96. The fraction of sp³-hybridized carbons (Fsp3) is 0.875. The van der Waals surface area contributed by atoms with Gasteiger partial charge < -0.3 is 15.2 Å². The molecule has 4 heteroatoms. The van der Waals surface area contributed by atoms with Crippen LogP contribution in [-0.4, -0.2) is 31.8 Å². The molecule has 72 valence electrons. The second-order valence-electron chi connectivity index (χ2n) is 2.68. The zero-order valence-corrected chi connectivity index (χ0v) is 7.87. The van der Waals surface area contributed by atoms with E-state index in [4.69, 9.17) is 10.5 Å². The number of hydrogen-bond acceptors (Lipinski definition) is 4. The highest BCUT2D eigenvalue weighted by Gasteiger charge is 2.14. The summed E-state index contributed by atoms with van der Waals surface area (Å²) in [5, 5.41) is 0. The van der Waals surface area contributed by atoms with Crippen LogP contribution >= 0.6 is 0 Å². The second kappa shape index (κ2) is 5.97. The first-order valence-electron chi connectivity index (χ1n) is 4.06. The first kappa shape index (κ1) is 11.4. The van der Waals surface area contributed by atoms with Gasteiger partial charge in [0.1, 0.15) is 6.04 Å². The highest BCUT2D eigenvalue weighted by molar-refractivity contribution is 5.75. The van der Waals surface area contributed by atoms with Gasteiger partial charge in [-0.3, -0.25) is 4.79 Å². The Bertz CT molecular complexity index is 138. The van der Waals surface area contributed by atoms with Crippen LogP contribution in [0.15, 0.2) is 0 Å². The van der Waals surface area contributed by atoms with E-state index in [0.717, 1.165) is 6.42 Å². The van der Waals surface area contributed by atoms with E-state index in [-0.39, 0.29) is 12.7 Å². The number of ether oxygens (including phenoxy) is 2. The van der Waals surface area contributed by atoms with Gasteiger partial charge in [-0.05, 0) is 13.3 Å². The van der Waals surface area contributed by atoms with Gasteiger partial charge in [0.05, 0.1) is 19.8 Å². The Kier molecular flexibility index (Phi) is 5.66. The zero-order valence-electron chi connectivity index (χ0n) is 7.87. The largest absolute Gasteiger partial charge is 0.468 e. The Morgan fingerprint density at radius 1 is 1.58 bits per heavy atom. The summed E-state index contributed by atoms with van der Waals surface area (Å²) in [7, 11) is 1.31. The number of carbonyl (C=O) groups is 1. The molecule has 12 heavy (non-hydrogen) atoms. The molecule has 2 N–H and O–H groups in total. The molecule has 0 aromatic rings. The summed E-state index contributed by atoms with van der Waals surface area (Å²) < 4.78 is 9.68. The van der Waals surface area contributed by atoms with Crippen molar-refractivity contribution < 1.29 is 14.3 Å². The van der Waals surface area contributed by atoms with E-state index in [1.807, 2.05) is 13.8 Å². The van der Waals surface area contributed by atoms with E-state index < -0.39 is 12.0 Å². The summed E-state index contributed by atoms with van der Waals surface area (Å²) in [6.45, 7) is 4.17. The molecule has 0 saturated heterocycles. The van der Waals surface area contributed by atoms with E-state index in [1.54, 1.807) is 0 Å². The first-order chi connectivity index (χ1) is 5.61. The SMILES string of the molecule is CCC(C)OCC(N)C(=O)OC. The second-order valence-corrected chi connectivity index (χ2v) is 2.68. The maximum Gasteiger partial charge on any atom is 0.325 e. The molecule has 0 heterocycles. The van der Waals surface area contributed by atoms with Crippen molar-refractivity contribution in [2.24, 2.45) is 5.73 Å². The van der Waals surface area contributed by atoms with Crippen molar-refractivity contribution in [3.8, 4) is 0 Å². The minimum absolute atomic E-state index is 0.140. The van der Waals surface area contributed by atoms with E-state index in [0.29, 0.717) is 0 Å². The molecule has 0 fully saturated rings. The lowest BCUT2D eigenvalue weighted by molar-refractivity contribution is -0.144. The van der Waals surface area contributed by atoms with Crippen molar-refractivity contribution in [3.63, 3.8) is 0 Å². The Hall–Kier alpha value is -0.610. The molecular formula is C8H17NO3. The molecular weight excluding hydrogens is 158 g/mol. The molecule has 0 radical (unpaired) electrons. The van der Waals surface area contributed by atoms with Crippen molar-refractivity contribution in [1.29, 1.82) is 0 Å². The fourth-order valence-corrected chi connectivity index (χ4v) is 0.605. The van der Waals surface area contributed by atoms with Gasteiger partial charge in [-0.1, -0.05) is 6.92 Å². The van der Waals surface area contributed by atoms with E-state index in [9.17, 15) is 4.79 Å². The van der Waals surface area contributed by atoms with Crippen LogP contribution in [0.1, 0.15) is 20.3 Å². The quantitative estimate of drug-likeness (QED) is 0.610. The topological polar surface area (TPSA) is 61.5 Å². The van der Waals surface area contributed by atoms with Gasteiger partial charge >= 0.3 is 5.97 Å². The Labute approximate surface area is 73.0 Å². The van der Waals surface area contributed by atoms with Gasteiger partial charge in [-0.25, -0.2) is 0 Å². The van der Waals surface area contributed by atoms with E-state index >= 15 is 0 Å². The summed E-state index contributed by atoms with van der Waals surface area (Å²) >= 11 is 0. The Morgan fingerprint density at radius 2 is 2.17 bits per heavy atom. The highest BCUT2D eigenvalue weighted by atomic mass is 16.5. The van der Waals surface area contributed by atoms with E-state index in [1.165, 1.54) is 7.11 Å². The molecule has 0 saturated carbocycles. The Balaban J connectivity index is 3.56. The molecule has 0 aromatic carbocycles. The normalized spacial score (nSPS) is 15.3. The third-order valence-electron chi connectivity index (χ3n) is 1.64. The third kappa shape index (κ3) is 4.31. The fourth-order valence-electron chi connectivity index (χ4n) is 0.605. The van der Waals surface area contributed by atoms with Crippen molar-refractivity contribution in [3.05, 3.63) is 0 Å². The van der Waals surface area contributed by atoms with Crippen LogP contribution in [0, 0.1) is 0 Å². The summed E-state index contributed by atoms with van der Waals surface area (Å²) in [5.41, 5.74) is 5.43. The third-order valence-corrected chi connectivity index (χ3v) is 1.64. The molecule has 0 spiro atoms.